The average molecular weight is 307 g/mol. The van der Waals surface area contributed by atoms with Gasteiger partial charge in [-0.3, -0.25) is 4.79 Å². The van der Waals surface area contributed by atoms with Crippen molar-refractivity contribution in [3.8, 4) is 0 Å². The molecule has 0 fully saturated rings. The number of Topliss-reactive ketones (excluding diaryl/α,β-unsaturated/α-hetero) is 1. The standard InChI is InChI=1S/C13H23BrO3/c1-13(2,3)17-12(16)11(15)9-7-5-4-6-8-10-14/h4-10H2,1-3H3. The molecule has 0 saturated heterocycles. The predicted molar refractivity (Wildman–Crippen MR) is 72.3 cm³/mol. The fourth-order valence-electron chi connectivity index (χ4n) is 1.35. The van der Waals surface area contributed by atoms with Crippen LogP contribution in [0.4, 0.5) is 0 Å². The van der Waals surface area contributed by atoms with E-state index in [1.54, 1.807) is 20.8 Å². The lowest BCUT2D eigenvalue weighted by Crippen LogP contribution is -2.28. The Labute approximate surface area is 112 Å². The zero-order valence-electron chi connectivity index (χ0n) is 11.1. The van der Waals surface area contributed by atoms with Gasteiger partial charge in [0.15, 0.2) is 0 Å². The Morgan fingerprint density at radius 2 is 1.53 bits per heavy atom. The van der Waals surface area contributed by atoms with Crippen LogP contribution in [0.25, 0.3) is 0 Å². The Morgan fingerprint density at radius 1 is 1.00 bits per heavy atom. The second kappa shape index (κ2) is 8.67. The summed E-state index contributed by atoms with van der Waals surface area (Å²) in [5.41, 5.74) is -0.581. The Kier molecular flexibility index (Phi) is 8.48. The summed E-state index contributed by atoms with van der Waals surface area (Å²) in [4.78, 5) is 22.8. The van der Waals surface area contributed by atoms with Gasteiger partial charge in [-0.15, -0.1) is 0 Å². The minimum absolute atomic E-state index is 0.309. The number of esters is 1. The van der Waals surface area contributed by atoms with Gasteiger partial charge in [0.25, 0.3) is 0 Å². The molecule has 0 aliphatic heterocycles. The van der Waals surface area contributed by atoms with Gasteiger partial charge in [0.2, 0.25) is 5.78 Å². The third-order valence-electron chi connectivity index (χ3n) is 2.16. The number of hydrogen-bond donors (Lipinski definition) is 0. The van der Waals surface area contributed by atoms with E-state index >= 15 is 0 Å². The maximum atomic E-state index is 11.4. The van der Waals surface area contributed by atoms with E-state index < -0.39 is 17.4 Å². The van der Waals surface area contributed by atoms with Crippen LogP contribution in [0.1, 0.15) is 59.3 Å². The highest BCUT2D eigenvalue weighted by Crippen LogP contribution is 2.10. The molecule has 0 atom stereocenters. The van der Waals surface area contributed by atoms with Crippen LogP contribution >= 0.6 is 15.9 Å². The molecular formula is C13H23BrO3. The SMILES string of the molecule is CC(C)(C)OC(=O)C(=O)CCCCCCCBr. The lowest BCUT2D eigenvalue weighted by molar-refractivity contribution is -0.162. The van der Waals surface area contributed by atoms with Gasteiger partial charge in [0.05, 0.1) is 0 Å². The van der Waals surface area contributed by atoms with Gasteiger partial charge < -0.3 is 4.74 Å². The summed E-state index contributed by atoms with van der Waals surface area (Å²) < 4.78 is 5.00. The molecule has 0 spiro atoms. The summed E-state index contributed by atoms with van der Waals surface area (Å²) in [5.74, 6) is -1.10. The van der Waals surface area contributed by atoms with E-state index in [-0.39, 0.29) is 0 Å². The molecule has 0 aromatic carbocycles. The minimum atomic E-state index is -0.696. The zero-order chi connectivity index (χ0) is 13.3. The lowest BCUT2D eigenvalue weighted by Gasteiger charge is -2.18. The fraction of sp³-hybridized carbons (Fsp3) is 0.846. The van der Waals surface area contributed by atoms with E-state index in [2.05, 4.69) is 15.9 Å². The predicted octanol–water partition coefficient (Wildman–Crippen LogP) is 3.63. The minimum Gasteiger partial charge on any atom is -0.454 e. The molecular weight excluding hydrogens is 284 g/mol. The largest absolute Gasteiger partial charge is 0.454 e. The zero-order valence-corrected chi connectivity index (χ0v) is 12.6. The molecule has 4 heteroatoms. The molecule has 17 heavy (non-hydrogen) atoms. The molecule has 0 radical (unpaired) electrons. The van der Waals surface area contributed by atoms with Crippen LogP contribution < -0.4 is 0 Å². The molecule has 3 nitrogen and oxygen atoms in total. The van der Waals surface area contributed by atoms with Crippen LogP contribution in [0, 0.1) is 0 Å². The van der Waals surface area contributed by atoms with Crippen LogP contribution in [0.15, 0.2) is 0 Å². The molecule has 0 N–H and O–H groups in total. The van der Waals surface area contributed by atoms with Crippen LogP contribution in [0.5, 0.6) is 0 Å². The van der Waals surface area contributed by atoms with E-state index in [9.17, 15) is 9.59 Å². The molecule has 0 unspecified atom stereocenters. The van der Waals surface area contributed by atoms with Gasteiger partial charge >= 0.3 is 5.97 Å². The van der Waals surface area contributed by atoms with E-state index in [4.69, 9.17) is 4.74 Å². The summed E-state index contributed by atoms with van der Waals surface area (Å²) in [7, 11) is 0. The van der Waals surface area contributed by atoms with Gasteiger partial charge in [0, 0.05) is 11.8 Å². The van der Waals surface area contributed by atoms with Crippen molar-refractivity contribution in [2.45, 2.75) is 64.9 Å². The van der Waals surface area contributed by atoms with E-state index in [1.165, 1.54) is 12.8 Å². The Balaban J connectivity index is 3.62. The van der Waals surface area contributed by atoms with Crippen LogP contribution in [0.2, 0.25) is 0 Å². The lowest BCUT2D eigenvalue weighted by atomic mass is 10.1. The van der Waals surface area contributed by atoms with Crippen molar-refractivity contribution in [1.29, 1.82) is 0 Å². The van der Waals surface area contributed by atoms with Crippen molar-refractivity contribution in [2.75, 3.05) is 5.33 Å². The maximum Gasteiger partial charge on any atom is 0.375 e. The maximum absolute atomic E-state index is 11.4. The monoisotopic (exact) mass is 306 g/mol. The summed E-state index contributed by atoms with van der Waals surface area (Å²) in [6.45, 7) is 5.29. The first kappa shape index (κ1) is 16.6. The second-order valence-electron chi connectivity index (χ2n) is 5.13. The van der Waals surface area contributed by atoms with Gasteiger partial charge in [-0.05, 0) is 33.6 Å². The highest BCUT2D eigenvalue weighted by Gasteiger charge is 2.21. The normalized spacial score (nSPS) is 11.3. The van der Waals surface area contributed by atoms with Gasteiger partial charge in [-0.25, -0.2) is 4.79 Å². The first-order valence-corrected chi connectivity index (χ1v) is 7.31. The third kappa shape index (κ3) is 10.5. The Bertz CT molecular complexity index is 244. The van der Waals surface area contributed by atoms with Crippen molar-refractivity contribution in [2.24, 2.45) is 0 Å². The van der Waals surface area contributed by atoms with E-state index in [1.807, 2.05) is 0 Å². The Morgan fingerprint density at radius 3 is 2.06 bits per heavy atom. The number of hydrogen-bond acceptors (Lipinski definition) is 3. The number of alkyl halides is 1. The van der Waals surface area contributed by atoms with Crippen molar-refractivity contribution < 1.29 is 14.3 Å². The number of ether oxygens (including phenoxy) is 1. The molecule has 0 amide bonds. The highest BCUT2D eigenvalue weighted by atomic mass is 79.9. The molecule has 0 aromatic heterocycles. The molecule has 0 aliphatic rings. The quantitative estimate of drug-likeness (QED) is 0.298. The number of unbranched alkanes of at least 4 members (excludes halogenated alkanes) is 4. The number of ketones is 1. The molecule has 100 valence electrons. The van der Waals surface area contributed by atoms with Crippen LogP contribution in [0.3, 0.4) is 0 Å². The third-order valence-corrected chi connectivity index (χ3v) is 2.72. The Hall–Kier alpha value is -0.380. The van der Waals surface area contributed by atoms with E-state index in [0.29, 0.717) is 6.42 Å². The van der Waals surface area contributed by atoms with Crippen molar-refractivity contribution in [3.05, 3.63) is 0 Å². The van der Waals surface area contributed by atoms with Crippen LogP contribution in [-0.2, 0) is 14.3 Å². The fourth-order valence-corrected chi connectivity index (χ4v) is 1.74. The van der Waals surface area contributed by atoms with Crippen molar-refractivity contribution in [1.82, 2.24) is 0 Å². The van der Waals surface area contributed by atoms with Gasteiger partial charge in [-0.2, -0.15) is 0 Å². The molecule has 0 saturated carbocycles. The topological polar surface area (TPSA) is 43.4 Å². The number of halogens is 1. The highest BCUT2D eigenvalue weighted by molar-refractivity contribution is 9.09. The molecule has 0 aliphatic carbocycles. The number of carbonyl (C=O) groups is 2. The molecule has 0 heterocycles. The molecule has 0 rings (SSSR count). The van der Waals surface area contributed by atoms with Crippen molar-refractivity contribution in [3.63, 3.8) is 0 Å². The number of rotatable bonds is 8. The summed E-state index contributed by atoms with van der Waals surface area (Å²) >= 11 is 3.37. The van der Waals surface area contributed by atoms with Gasteiger partial charge in [-0.1, -0.05) is 35.2 Å². The molecule has 0 bridgehead atoms. The van der Waals surface area contributed by atoms with E-state index in [0.717, 1.165) is 24.6 Å². The second-order valence-corrected chi connectivity index (χ2v) is 5.92. The average Bonchev–Trinajstić information content (AvgIpc) is 2.20. The van der Waals surface area contributed by atoms with Gasteiger partial charge in [0.1, 0.15) is 5.60 Å². The first-order valence-electron chi connectivity index (χ1n) is 6.19. The van der Waals surface area contributed by atoms with Crippen LogP contribution in [-0.4, -0.2) is 22.7 Å². The smallest absolute Gasteiger partial charge is 0.375 e. The summed E-state index contributed by atoms with van der Waals surface area (Å²) in [5, 5.41) is 1.03. The summed E-state index contributed by atoms with van der Waals surface area (Å²) in [6, 6.07) is 0. The first-order chi connectivity index (χ1) is 7.87. The molecule has 0 aromatic rings. The van der Waals surface area contributed by atoms with Crippen molar-refractivity contribution >= 4 is 27.7 Å². The number of carbonyl (C=O) groups excluding carboxylic acids is 2. The summed E-state index contributed by atoms with van der Waals surface area (Å²) in [6.07, 6.45) is 5.55.